The molecule has 1 amide bonds. The van der Waals surface area contributed by atoms with Crippen LogP contribution in [0.25, 0.3) is 11.0 Å². The number of para-hydroxylation sites is 2. The van der Waals surface area contributed by atoms with E-state index in [1.165, 1.54) is 0 Å². The number of rotatable bonds is 4. The van der Waals surface area contributed by atoms with Gasteiger partial charge in [-0.1, -0.05) is 31.1 Å². The summed E-state index contributed by atoms with van der Waals surface area (Å²) in [5.41, 5.74) is 2.96. The van der Waals surface area contributed by atoms with E-state index in [2.05, 4.69) is 20.4 Å². The molecule has 0 bridgehead atoms. The van der Waals surface area contributed by atoms with E-state index >= 15 is 0 Å². The highest BCUT2D eigenvalue weighted by Gasteiger charge is 2.22. The maximum atomic E-state index is 12.4. The lowest BCUT2D eigenvalue weighted by atomic mass is 10.0. The van der Waals surface area contributed by atoms with Crippen LogP contribution in [0.4, 0.5) is 0 Å². The van der Waals surface area contributed by atoms with Gasteiger partial charge < -0.3 is 14.8 Å². The Bertz CT molecular complexity index is 784. The van der Waals surface area contributed by atoms with Crippen LogP contribution in [-0.2, 0) is 6.54 Å². The molecule has 1 aromatic carbocycles. The molecule has 0 saturated heterocycles. The first kappa shape index (κ1) is 14.3. The number of aromatic amines is 1. The maximum Gasteiger partial charge on any atom is 0.257 e. The Balaban J connectivity index is 1.76. The molecule has 0 saturated carbocycles. The van der Waals surface area contributed by atoms with Crippen molar-refractivity contribution in [2.24, 2.45) is 0 Å². The molecular formula is C16H18N4O2. The van der Waals surface area contributed by atoms with Gasteiger partial charge in [0.15, 0.2) is 5.76 Å². The summed E-state index contributed by atoms with van der Waals surface area (Å²) in [6, 6.07) is 7.76. The number of fused-ring (bicyclic) bond motifs is 1. The quantitative estimate of drug-likeness (QED) is 0.775. The molecule has 0 atom stereocenters. The van der Waals surface area contributed by atoms with Crippen molar-refractivity contribution in [1.29, 1.82) is 0 Å². The zero-order chi connectivity index (χ0) is 15.7. The highest BCUT2D eigenvalue weighted by molar-refractivity contribution is 5.96. The van der Waals surface area contributed by atoms with Gasteiger partial charge in [0.25, 0.3) is 5.91 Å². The summed E-state index contributed by atoms with van der Waals surface area (Å²) < 4.78 is 5.24. The van der Waals surface area contributed by atoms with Crippen LogP contribution in [0.5, 0.6) is 0 Å². The van der Waals surface area contributed by atoms with Crippen LogP contribution in [0, 0.1) is 6.92 Å². The number of nitrogens with zero attached hydrogens (tertiary/aromatic N) is 2. The van der Waals surface area contributed by atoms with Gasteiger partial charge >= 0.3 is 0 Å². The number of nitrogens with one attached hydrogen (secondary N) is 2. The van der Waals surface area contributed by atoms with Gasteiger partial charge in [-0.2, -0.15) is 0 Å². The molecule has 2 heterocycles. The fraction of sp³-hybridized carbons (Fsp3) is 0.312. The topological polar surface area (TPSA) is 83.8 Å². The number of benzene rings is 1. The van der Waals surface area contributed by atoms with E-state index in [4.69, 9.17) is 4.52 Å². The van der Waals surface area contributed by atoms with E-state index in [-0.39, 0.29) is 11.8 Å². The van der Waals surface area contributed by atoms with Crippen LogP contribution < -0.4 is 5.32 Å². The summed E-state index contributed by atoms with van der Waals surface area (Å²) in [7, 11) is 0. The summed E-state index contributed by atoms with van der Waals surface area (Å²) in [6.07, 6.45) is 0. The lowest BCUT2D eigenvalue weighted by molar-refractivity contribution is 0.0947. The summed E-state index contributed by atoms with van der Waals surface area (Å²) in [6.45, 7) is 6.03. The van der Waals surface area contributed by atoms with E-state index < -0.39 is 0 Å². The highest BCUT2D eigenvalue weighted by Crippen LogP contribution is 2.22. The standard InChI is InChI=1S/C16H18N4O2/c1-9(2)15-14(10(3)20-22-15)16(21)17-8-13-18-11-6-4-5-7-12(11)19-13/h4-7,9H,8H2,1-3H3,(H,17,21)(H,18,19). The smallest absolute Gasteiger partial charge is 0.257 e. The third-order valence-electron chi connectivity index (χ3n) is 3.50. The molecule has 0 unspecified atom stereocenters. The van der Waals surface area contributed by atoms with Gasteiger partial charge in [-0.15, -0.1) is 0 Å². The second-order valence-corrected chi connectivity index (χ2v) is 5.55. The van der Waals surface area contributed by atoms with E-state index in [0.29, 0.717) is 23.6 Å². The van der Waals surface area contributed by atoms with E-state index in [1.54, 1.807) is 6.92 Å². The number of hydrogen-bond acceptors (Lipinski definition) is 4. The van der Waals surface area contributed by atoms with E-state index in [0.717, 1.165) is 16.9 Å². The Morgan fingerprint density at radius 1 is 1.36 bits per heavy atom. The molecule has 114 valence electrons. The fourth-order valence-electron chi connectivity index (χ4n) is 2.40. The van der Waals surface area contributed by atoms with Crippen molar-refractivity contribution in [3.05, 3.63) is 47.1 Å². The Morgan fingerprint density at radius 3 is 2.86 bits per heavy atom. The molecule has 2 N–H and O–H groups in total. The van der Waals surface area contributed by atoms with Gasteiger partial charge in [-0.3, -0.25) is 4.79 Å². The Labute approximate surface area is 127 Å². The van der Waals surface area contributed by atoms with Gasteiger partial charge in [0.2, 0.25) is 0 Å². The lowest BCUT2D eigenvalue weighted by Crippen LogP contribution is -2.24. The first-order chi connectivity index (χ1) is 10.6. The number of aryl methyl sites for hydroxylation is 1. The second-order valence-electron chi connectivity index (χ2n) is 5.55. The van der Waals surface area contributed by atoms with Gasteiger partial charge in [0, 0.05) is 5.92 Å². The minimum atomic E-state index is -0.192. The van der Waals surface area contributed by atoms with Crippen molar-refractivity contribution in [2.45, 2.75) is 33.2 Å². The third-order valence-corrected chi connectivity index (χ3v) is 3.50. The number of carbonyl (C=O) groups is 1. The van der Waals surface area contributed by atoms with E-state index in [9.17, 15) is 4.79 Å². The first-order valence-corrected chi connectivity index (χ1v) is 7.24. The number of aromatic nitrogens is 3. The van der Waals surface area contributed by atoms with Gasteiger partial charge in [-0.05, 0) is 19.1 Å². The molecule has 0 aliphatic carbocycles. The predicted octanol–water partition coefficient (Wildman–Crippen LogP) is 2.91. The summed E-state index contributed by atoms with van der Waals surface area (Å²) in [5, 5.41) is 6.76. The Morgan fingerprint density at radius 2 is 2.14 bits per heavy atom. The van der Waals surface area contributed by atoms with Crippen molar-refractivity contribution in [1.82, 2.24) is 20.4 Å². The molecule has 3 rings (SSSR count). The monoisotopic (exact) mass is 298 g/mol. The first-order valence-electron chi connectivity index (χ1n) is 7.24. The summed E-state index contributed by atoms with van der Waals surface area (Å²) in [5.74, 6) is 1.24. The van der Waals surface area contributed by atoms with Crippen LogP contribution >= 0.6 is 0 Å². The van der Waals surface area contributed by atoms with Crippen LogP contribution in [0.1, 0.15) is 47.4 Å². The number of carbonyl (C=O) groups excluding carboxylic acids is 1. The number of hydrogen-bond donors (Lipinski definition) is 2. The Hall–Kier alpha value is -2.63. The van der Waals surface area contributed by atoms with Crippen molar-refractivity contribution < 1.29 is 9.32 Å². The van der Waals surface area contributed by atoms with Crippen LogP contribution in [0.15, 0.2) is 28.8 Å². The fourth-order valence-corrected chi connectivity index (χ4v) is 2.40. The van der Waals surface area contributed by atoms with Crippen molar-refractivity contribution in [2.75, 3.05) is 0 Å². The van der Waals surface area contributed by atoms with Crippen LogP contribution in [0.3, 0.4) is 0 Å². The average molecular weight is 298 g/mol. The molecule has 22 heavy (non-hydrogen) atoms. The minimum Gasteiger partial charge on any atom is -0.360 e. The lowest BCUT2D eigenvalue weighted by Gasteiger charge is -2.05. The maximum absolute atomic E-state index is 12.4. The average Bonchev–Trinajstić information content (AvgIpc) is 3.07. The highest BCUT2D eigenvalue weighted by atomic mass is 16.5. The van der Waals surface area contributed by atoms with Crippen molar-refractivity contribution in [3.8, 4) is 0 Å². The zero-order valence-electron chi connectivity index (χ0n) is 12.8. The van der Waals surface area contributed by atoms with Gasteiger partial charge in [-0.25, -0.2) is 4.98 Å². The molecule has 0 aliphatic heterocycles. The molecule has 0 spiro atoms. The van der Waals surface area contributed by atoms with E-state index in [1.807, 2.05) is 38.1 Å². The molecular weight excluding hydrogens is 280 g/mol. The summed E-state index contributed by atoms with van der Waals surface area (Å²) >= 11 is 0. The second kappa shape index (κ2) is 5.63. The normalized spacial score (nSPS) is 11.3. The molecule has 2 aromatic heterocycles. The SMILES string of the molecule is Cc1noc(C(C)C)c1C(=O)NCc1nc2ccccc2[nH]1. The number of H-pyrrole nitrogens is 1. The summed E-state index contributed by atoms with van der Waals surface area (Å²) in [4.78, 5) is 20.0. The minimum absolute atomic E-state index is 0.105. The van der Waals surface area contributed by atoms with Crippen LogP contribution in [0.2, 0.25) is 0 Å². The van der Waals surface area contributed by atoms with Gasteiger partial charge in [0.05, 0.1) is 23.3 Å². The molecule has 0 radical (unpaired) electrons. The van der Waals surface area contributed by atoms with Gasteiger partial charge in [0.1, 0.15) is 11.4 Å². The molecule has 0 aliphatic rings. The van der Waals surface area contributed by atoms with Crippen molar-refractivity contribution >= 4 is 16.9 Å². The molecule has 6 nitrogen and oxygen atoms in total. The zero-order valence-corrected chi connectivity index (χ0v) is 12.8. The molecule has 6 heteroatoms. The molecule has 0 fully saturated rings. The predicted molar refractivity (Wildman–Crippen MR) is 82.6 cm³/mol. The van der Waals surface area contributed by atoms with Crippen molar-refractivity contribution in [3.63, 3.8) is 0 Å². The Kier molecular flexibility index (Phi) is 3.66. The van der Waals surface area contributed by atoms with Crippen LogP contribution in [-0.4, -0.2) is 21.0 Å². The largest absolute Gasteiger partial charge is 0.360 e. The molecule has 3 aromatic rings. The third kappa shape index (κ3) is 2.59. The number of amides is 1. The number of imidazole rings is 1.